The third-order valence-electron chi connectivity index (χ3n) is 7.70. The maximum absolute atomic E-state index is 13.2. The summed E-state index contributed by atoms with van der Waals surface area (Å²) in [5, 5.41) is 2.96. The van der Waals surface area contributed by atoms with Gasteiger partial charge in [0.25, 0.3) is 5.91 Å². The Kier molecular flexibility index (Phi) is 8.64. The van der Waals surface area contributed by atoms with Gasteiger partial charge in [-0.2, -0.15) is 26.3 Å². The molecule has 6 rings (SSSR count). The molecule has 1 amide bonds. The van der Waals surface area contributed by atoms with Crippen molar-refractivity contribution in [1.29, 1.82) is 0 Å². The molecular formula is C29H28F6N4O4S. The summed E-state index contributed by atoms with van der Waals surface area (Å²) in [5.41, 5.74) is 0.706. The molecule has 3 aliphatic rings. The van der Waals surface area contributed by atoms with Gasteiger partial charge in [-0.1, -0.05) is 6.42 Å². The summed E-state index contributed by atoms with van der Waals surface area (Å²) >= 11 is 0. The Morgan fingerprint density at radius 2 is 1.50 bits per heavy atom. The minimum Gasteiger partial charge on any atom is -0.492 e. The largest absolute Gasteiger partial charge is 0.492 e. The highest BCUT2D eigenvalue weighted by Gasteiger charge is 2.36. The molecule has 3 aromatic rings. The van der Waals surface area contributed by atoms with Crippen molar-refractivity contribution in [3.63, 3.8) is 0 Å². The number of benzene rings is 1. The number of nitrogens with zero attached hydrogens (tertiary/aromatic N) is 3. The van der Waals surface area contributed by atoms with Crippen LogP contribution in [0.4, 0.5) is 26.3 Å². The van der Waals surface area contributed by atoms with Crippen LogP contribution in [0.2, 0.25) is 0 Å². The van der Waals surface area contributed by atoms with Gasteiger partial charge < -0.3 is 15.0 Å². The minimum atomic E-state index is -4.57. The van der Waals surface area contributed by atoms with Crippen molar-refractivity contribution in [1.82, 2.24) is 20.2 Å². The number of aromatic nitrogens is 2. The van der Waals surface area contributed by atoms with Gasteiger partial charge in [-0.05, 0) is 71.3 Å². The third kappa shape index (κ3) is 7.15. The van der Waals surface area contributed by atoms with E-state index < -0.39 is 39.5 Å². The second-order valence-electron chi connectivity index (χ2n) is 11.0. The van der Waals surface area contributed by atoms with Crippen molar-refractivity contribution < 1.29 is 44.3 Å². The fraction of sp³-hybridized carbons (Fsp3) is 0.414. The number of nitrogens with one attached hydrogen (secondary N) is 1. The Balaban J connectivity index is 0.000000245. The molecule has 1 N–H and O–H groups in total. The molecule has 44 heavy (non-hydrogen) atoms. The molecule has 8 nitrogen and oxygen atoms in total. The van der Waals surface area contributed by atoms with Crippen molar-refractivity contribution >= 4 is 15.7 Å². The molecule has 236 valence electrons. The van der Waals surface area contributed by atoms with Gasteiger partial charge in [0.1, 0.15) is 17.1 Å². The quantitative estimate of drug-likeness (QED) is 0.365. The van der Waals surface area contributed by atoms with Gasteiger partial charge in [0, 0.05) is 44.8 Å². The molecule has 0 saturated heterocycles. The number of carbonyl (C=O) groups is 1. The van der Waals surface area contributed by atoms with Crippen LogP contribution in [0.1, 0.15) is 63.3 Å². The van der Waals surface area contributed by atoms with E-state index in [0.717, 1.165) is 49.4 Å². The summed E-state index contributed by atoms with van der Waals surface area (Å²) in [5.74, 6) is 0.175. The van der Waals surface area contributed by atoms with E-state index in [1.165, 1.54) is 29.3 Å². The number of carbonyl (C=O) groups excluding carboxylic acids is 1. The fourth-order valence-electron chi connectivity index (χ4n) is 4.99. The lowest BCUT2D eigenvalue weighted by molar-refractivity contribution is -0.142. The van der Waals surface area contributed by atoms with Gasteiger partial charge in [0.2, 0.25) is 0 Å². The molecule has 0 atom stereocenters. The zero-order valence-corrected chi connectivity index (χ0v) is 24.2. The highest BCUT2D eigenvalue weighted by atomic mass is 32.2. The molecule has 1 fully saturated rings. The lowest BCUT2D eigenvalue weighted by Gasteiger charge is -2.26. The van der Waals surface area contributed by atoms with Gasteiger partial charge >= 0.3 is 12.4 Å². The zero-order chi connectivity index (χ0) is 31.9. The molecule has 0 radical (unpaired) electrons. The summed E-state index contributed by atoms with van der Waals surface area (Å²) in [7, 11) is -3.56. The maximum atomic E-state index is 13.2. The number of ether oxygens (including phenoxy) is 1. The molecule has 0 unspecified atom stereocenters. The minimum absolute atomic E-state index is 0.0229. The average molecular weight is 643 g/mol. The van der Waals surface area contributed by atoms with Crippen LogP contribution in [0.5, 0.6) is 5.75 Å². The number of halogens is 6. The number of hydrogen-bond acceptors (Lipinski definition) is 7. The second-order valence-corrected chi connectivity index (χ2v) is 13.0. The molecule has 1 aliphatic carbocycles. The van der Waals surface area contributed by atoms with Crippen LogP contribution in [0, 0.1) is 5.92 Å². The van der Waals surface area contributed by atoms with E-state index in [9.17, 15) is 39.6 Å². The van der Waals surface area contributed by atoms with E-state index in [2.05, 4.69) is 15.3 Å². The lowest BCUT2D eigenvalue weighted by Crippen LogP contribution is -2.27. The normalized spacial score (nSPS) is 16.5. The highest BCUT2D eigenvalue weighted by Crippen LogP contribution is 2.34. The first-order chi connectivity index (χ1) is 20.6. The van der Waals surface area contributed by atoms with Crippen LogP contribution in [-0.2, 0) is 48.4 Å². The van der Waals surface area contributed by atoms with Crippen LogP contribution in [0.25, 0.3) is 0 Å². The van der Waals surface area contributed by atoms with Crippen LogP contribution < -0.4 is 10.1 Å². The van der Waals surface area contributed by atoms with Crippen LogP contribution in [0.3, 0.4) is 0 Å². The number of alkyl halides is 6. The predicted octanol–water partition coefficient (Wildman–Crippen LogP) is 5.54. The zero-order valence-electron chi connectivity index (χ0n) is 23.4. The highest BCUT2D eigenvalue weighted by molar-refractivity contribution is 7.90. The predicted molar refractivity (Wildman–Crippen MR) is 145 cm³/mol. The van der Waals surface area contributed by atoms with Crippen molar-refractivity contribution in [3.05, 3.63) is 81.9 Å². The van der Waals surface area contributed by atoms with Crippen molar-refractivity contribution in [2.75, 3.05) is 12.9 Å². The topological polar surface area (TPSA) is 101 Å². The average Bonchev–Trinajstić information content (AvgIpc) is 3.57. The Hall–Kier alpha value is -3.72. The number of pyridine rings is 2. The van der Waals surface area contributed by atoms with Crippen molar-refractivity contribution in [2.24, 2.45) is 5.92 Å². The molecule has 1 aromatic carbocycles. The molecular weight excluding hydrogens is 614 g/mol. The third-order valence-corrected chi connectivity index (χ3v) is 8.81. The SMILES string of the molecule is CS(=O)(=O)c1ccc(OCC2CCC2)c(C(=O)N2Cc3cnc(C(F)(F)F)cc3C2)c1.FC(F)(F)c1cc2c(cn1)CNC2. The summed E-state index contributed by atoms with van der Waals surface area (Å²) in [6.45, 7) is 1.61. The van der Waals surface area contributed by atoms with Gasteiger partial charge in [0.05, 0.1) is 17.1 Å². The Labute approximate surface area is 249 Å². The lowest BCUT2D eigenvalue weighted by atomic mass is 9.86. The van der Waals surface area contributed by atoms with E-state index >= 15 is 0 Å². The Morgan fingerprint density at radius 1 is 0.909 bits per heavy atom. The number of hydrogen-bond donors (Lipinski definition) is 1. The van der Waals surface area contributed by atoms with Gasteiger partial charge in [-0.3, -0.25) is 14.8 Å². The summed E-state index contributed by atoms with van der Waals surface area (Å²) in [6, 6.07) is 6.18. The first-order valence-electron chi connectivity index (χ1n) is 13.7. The molecule has 2 aromatic heterocycles. The monoisotopic (exact) mass is 642 g/mol. The Bertz CT molecular complexity index is 1670. The number of rotatable bonds is 5. The molecule has 0 spiro atoms. The van der Waals surface area contributed by atoms with E-state index in [4.69, 9.17) is 4.74 Å². The van der Waals surface area contributed by atoms with Gasteiger partial charge in [0.15, 0.2) is 9.84 Å². The van der Waals surface area contributed by atoms with Crippen molar-refractivity contribution in [3.8, 4) is 5.75 Å². The first kappa shape index (κ1) is 31.7. The van der Waals surface area contributed by atoms with Gasteiger partial charge in [-0.25, -0.2) is 8.42 Å². The smallest absolute Gasteiger partial charge is 0.433 e. The van der Waals surface area contributed by atoms with E-state index in [1.54, 1.807) is 0 Å². The van der Waals surface area contributed by atoms with Gasteiger partial charge in [-0.15, -0.1) is 0 Å². The van der Waals surface area contributed by atoms with Crippen LogP contribution >= 0.6 is 0 Å². The number of sulfone groups is 1. The van der Waals surface area contributed by atoms with Crippen LogP contribution in [0.15, 0.2) is 47.6 Å². The van der Waals surface area contributed by atoms with E-state index in [-0.39, 0.29) is 29.3 Å². The summed E-state index contributed by atoms with van der Waals surface area (Å²) < 4.78 is 105. The number of amides is 1. The van der Waals surface area contributed by atoms with Crippen LogP contribution in [-0.4, -0.2) is 42.1 Å². The molecule has 1 saturated carbocycles. The van der Waals surface area contributed by atoms with Crippen molar-refractivity contribution in [2.45, 2.75) is 62.7 Å². The number of fused-ring (bicyclic) bond motifs is 2. The standard InChI is InChI=1S/C21H21F3N2O4S.C8H7F3N2/c1-31(28,29)16-5-6-18(30-12-13-3-2-4-13)17(8-16)20(27)26-10-14-7-19(21(22,23)24)25-9-15(14)11-26;9-8(10,11)7-1-5-2-12-3-6(5)4-13-7/h5-9,13H,2-4,10-12H2,1H3;1,4,12H,2-3H2. The fourth-order valence-corrected chi connectivity index (χ4v) is 5.63. The molecule has 0 bridgehead atoms. The Morgan fingerprint density at radius 3 is 2.09 bits per heavy atom. The molecule has 2 aliphatic heterocycles. The second kappa shape index (κ2) is 12.0. The molecule has 15 heteroatoms. The summed E-state index contributed by atoms with van der Waals surface area (Å²) in [6.07, 6.45) is -2.23. The first-order valence-corrected chi connectivity index (χ1v) is 15.6. The van der Waals surface area contributed by atoms with E-state index in [0.29, 0.717) is 42.3 Å². The van der Waals surface area contributed by atoms with E-state index in [1.807, 2.05) is 0 Å². The summed E-state index contributed by atoms with van der Waals surface area (Å²) in [4.78, 5) is 21.4. The molecule has 4 heterocycles. The maximum Gasteiger partial charge on any atom is 0.433 e.